The second kappa shape index (κ2) is 10.2. The minimum atomic E-state index is -0.663. The highest BCUT2D eigenvalue weighted by Gasteiger charge is 2.37. The maximum atomic E-state index is 6.68. The molecule has 0 aliphatic rings. The first-order valence-electron chi connectivity index (χ1n) is 10.2. The van der Waals surface area contributed by atoms with Crippen LogP contribution in [0, 0.1) is 5.92 Å². The van der Waals surface area contributed by atoms with Gasteiger partial charge in [-0.25, -0.2) is 0 Å². The molecule has 28 heavy (non-hydrogen) atoms. The lowest BCUT2D eigenvalue weighted by Gasteiger charge is -2.36. The van der Waals surface area contributed by atoms with Crippen molar-refractivity contribution in [3.05, 3.63) is 108 Å². The lowest BCUT2D eigenvalue weighted by Crippen LogP contribution is -2.34. The van der Waals surface area contributed by atoms with Gasteiger partial charge in [-0.05, 0) is 22.6 Å². The Bertz CT molecular complexity index is 703. The van der Waals surface area contributed by atoms with Gasteiger partial charge >= 0.3 is 0 Å². The van der Waals surface area contributed by atoms with Gasteiger partial charge in [0.2, 0.25) is 0 Å². The van der Waals surface area contributed by atoms with Gasteiger partial charge in [0.05, 0.1) is 13.2 Å². The molecule has 2 heteroatoms. The topological polar surface area (TPSA) is 18.5 Å². The Morgan fingerprint density at radius 1 is 0.679 bits per heavy atom. The highest BCUT2D eigenvalue weighted by atomic mass is 16.5. The molecule has 146 valence electrons. The second-order valence-electron chi connectivity index (χ2n) is 7.22. The zero-order chi connectivity index (χ0) is 19.7. The van der Waals surface area contributed by atoms with E-state index in [0.717, 1.165) is 29.7 Å². The summed E-state index contributed by atoms with van der Waals surface area (Å²) in [5.41, 5.74) is 2.70. The zero-order valence-electron chi connectivity index (χ0n) is 16.9. The Labute approximate surface area is 169 Å². The van der Waals surface area contributed by atoms with Gasteiger partial charge in [0.1, 0.15) is 5.60 Å². The molecule has 0 fully saturated rings. The molecule has 0 aliphatic carbocycles. The third-order valence-electron chi connectivity index (χ3n) is 5.19. The Balaban J connectivity index is 1.95. The second-order valence-corrected chi connectivity index (χ2v) is 7.22. The molecule has 3 rings (SSSR count). The summed E-state index contributed by atoms with van der Waals surface area (Å²) in [5, 5.41) is 0. The summed E-state index contributed by atoms with van der Waals surface area (Å²) in [5.74, 6) is 0.571. The summed E-state index contributed by atoms with van der Waals surface area (Å²) < 4.78 is 12.5. The van der Waals surface area contributed by atoms with E-state index in [1.54, 1.807) is 0 Å². The van der Waals surface area contributed by atoms with Gasteiger partial charge in [-0.3, -0.25) is 0 Å². The Morgan fingerprint density at radius 3 is 1.50 bits per heavy atom. The molecule has 1 atom stereocenters. The van der Waals surface area contributed by atoms with Crippen LogP contribution < -0.4 is 0 Å². The highest BCUT2D eigenvalue weighted by Crippen LogP contribution is 2.40. The van der Waals surface area contributed by atoms with E-state index >= 15 is 0 Å². The number of hydrogen-bond donors (Lipinski definition) is 0. The van der Waals surface area contributed by atoms with Crippen LogP contribution in [0.15, 0.2) is 91.0 Å². The monoisotopic (exact) mass is 374 g/mol. The third-order valence-corrected chi connectivity index (χ3v) is 5.19. The van der Waals surface area contributed by atoms with E-state index in [1.165, 1.54) is 0 Å². The molecule has 0 heterocycles. The molecule has 0 bridgehead atoms. The predicted octanol–water partition coefficient (Wildman–Crippen LogP) is 6.06. The van der Waals surface area contributed by atoms with Crippen molar-refractivity contribution in [2.75, 3.05) is 19.8 Å². The maximum Gasteiger partial charge on any atom is 0.143 e. The molecule has 0 N–H and O–H groups in total. The van der Waals surface area contributed by atoms with Crippen LogP contribution in [0.2, 0.25) is 0 Å². The van der Waals surface area contributed by atoms with Crippen LogP contribution in [0.4, 0.5) is 0 Å². The first-order chi connectivity index (χ1) is 13.8. The summed E-state index contributed by atoms with van der Waals surface area (Å²) in [7, 11) is 0. The first kappa shape index (κ1) is 20.3. The van der Waals surface area contributed by atoms with Crippen molar-refractivity contribution in [1.29, 1.82) is 0 Å². The number of hydrogen-bond acceptors (Lipinski definition) is 2. The van der Waals surface area contributed by atoms with Crippen molar-refractivity contribution in [2.24, 2.45) is 5.92 Å². The van der Waals surface area contributed by atoms with Crippen molar-refractivity contribution >= 4 is 0 Å². The average molecular weight is 375 g/mol. The fraction of sp³-hybridized carbons (Fsp3) is 0.308. The summed E-state index contributed by atoms with van der Waals surface area (Å²) in [6.07, 6.45) is 1.13. The molecule has 0 radical (unpaired) electrons. The number of benzene rings is 3. The standard InChI is InChI=1S/C26H30O2/c1-3-22(2)21-27-19-20-28-26(23-13-7-4-8-14-23,24-15-9-5-10-16-24)25-17-11-6-12-18-25/h4-18,22H,3,19-21H2,1-2H3. The normalized spacial score (nSPS) is 12.6. The molecule has 0 amide bonds. The molecule has 3 aromatic carbocycles. The van der Waals surface area contributed by atoms with Crippen LogP contribution in [-0.2, 0) is 15.1 Å². The first-order valence-corrected chi connectivity index (χ1v) is 10.2. The summed E-state index contributed by atoms with van der Waals surface area (Å²) >= 11 is 0. The van der Waals surface area contributed by atoms with Crippen molar-refractivity contribution in [2.45, 2.75) is 25.9 Å². The van der Waals surface area contributed by atoms with E-state index in [1.807, 2.05) is 18.2 Å². The quantitative estimate of drug-likeness (QED) is 0.317. The minimum Gasteiger partial charge on any atom is -0.379 e. The maximum absolute atomic E-state index is 6.68. The van der Waals surface area contributed by atoms with Crippen LogP contribution >= 0.6 is 0 Å². The fourth-order valence-electron chi connectivity index (χ4n) is 3.42. The summed E-state index contributed by atoms with van der Waals surface area (Å²) in [6, 6.07) is 31.4. The van der Waals surface area contributed by atoms with Gasteiger partial charge in [-0.2, -0.15) is 0 Å². The smallest absolute Gasteiger partial charge is 0.143 e. The van der Waals surface area contributed by atoms with Crippen LogP contribution in [-0.4, -0.2) is 19.8 Å². The number of rotatable bonds is 10. The molecule has 0 saturated carbocycles. The third kappa shape index (κ3) is 4.70. The van der Waals surface area contributed by atoms with E-state index < -0.39 is 5.60 Å². The molecule has 0 aliphatic heterocycles. The molecule has 2 nitrogen and oxygen atoms in total. The van der Waals surface area contributed by atoms with E-state index in [2.05, 4.69) is 86.6 Å². The van der Waals surface area contributed by atoms with Gasteiger partial charge in [0.25, 0.3) is 0 Å². The van der Waals surface area contributed by atoms with Crippen molar-refractivity contribution in [3.63, 3.8) is 0 Å². The molecule has 3 aromatic rings. The van der Waals surface area contributed by atoms with E-state index in [9.17, 15) is 0 Å². The summed E-state index contributed by atoms with van der Waals surface area (Å²) in [6.45, 7) is 6.28. The Kier molecular flexibility index (Phi) is 7.41. The van der Waals surface area contributed by atoms with Gasteiger partial charge in [-0.15, -0.1) is 0 Å². The van der Waals surface area contributed by atoms with Gasteiger partial charge in [-0.1, -0.05) is 111 Å². The van der Waals surface area contributed by atoms with Crippen LogP contribution in [0.5, 0.6) is 0 Å². The lowest BCUT2D eigenvalue weighted by atomic mass is 9.80. The largest absolute Gasteiger partial charge is 0.379 e. The van der Waals surface area contributed by atoms with E-state index in [0.29, 0.717) is 19.1 Å². The molecule has 0 spiro atoms. The number of ether oxygens (including phenoxy) is 2. The van der Waals surface area contributed by atoms with Gasteiger partial charge in [0, 0.05) is 6.61 Å². The zero-order valence-corrected chi connectivity index (χ0v) is 16.9. The SMILES string of the molecule is CCC(C)COCCOC(c1ccccc1)(c1ccccc1)c1ccccc1. The van der Waals surface area contributed by atoms with Crippen molar-refractivity contribution < 1.29 is 9.47 Å². The Hall–Kier alpha value is -2.42. The van der Waals surface area contributed by atoms with Crippen LogP contribution in [0.1, 0.15) is 37.0 Å². The van der Waals surface area contributed by atoms with E-state index in [-0.39, 0.29) is 0 Å². The molecule has 0 saturated heterocycles. The minimum absolute atomic E-state index is 0.523. The van der Waals surface area contributed by atoms with Crippen LogP contribution in [0.3, 0.4) is 0 Å². The van der Waals surface area contributed by atoms with Crippen LogP contribution in [0.25, 0.3) is 0 Å². The summed E-state index contributed by atoms with van der Waals surface area (Å²) in [4.78, 5) is 0. The molecule has 1 unspecified atom stereocenters. The predicted molar refractivity (Wildman–Crippen MR) is 115 cm³/mol. The molecular weight excluding hydrogens is 344 g/mol. The fourth-order valence-corrected chi connectivity index (χ4v) is 3.42. The van der Waals surface area contributed by atoms with E-state index in [4.69, 9.17) is 9.47 Å². The van der Waals surface area contributed by atoms with Gasteiger partial charge in [0.15, 0.2) is 0 Å². The lowest BCUT2D eigenvalue weighted by molar-refractivity contribution is -0.0283. The molecule has 0 aromatic heterocycles. The molecular formula is C26H30O2. The van der Waals surface area contributed by atoms with Crippen molar-refractivity contribution in [3.8, 4) is 0 Å². The highest BCUT2D eigenvalue weighted by molar-refractivity contribution is 5.47. The Morgan fingerprint density at radius 2 is 1.11 bits per heavy atom. The average Bonchev–Trinajstić information content (AvgIpc) is 2.78. The van der Waals surface area contributed by atoms with Gasteiger partial charge < -0.3 is 9.47 Å². The van der Waals surface area contributed by atoms with Crippen molar-refractivity contribution in [1.82, 2.24) is 0 Å².